The van der Waals surface area contributed by atoms with Crippen molar-refractivity contribution in [3.63, 3.8) is 0 Å². The molecule has 21 heavy (non-hydrogen) atoms. The van der Waals surface area contributed by atoms with Crippen LogP contribution in [0.4, 0.5) is 0 Å². The molecule has 3 aliphatic rings. The maximum Gasteiger partial charge on any atom is 0.354 e. The van der Waals surface area contributed by atoms with Gasteiger partial charge in [0.1, 0.15) is 11.1 Å². The second-order valence-corrected chi connectivity index (χ2v) is 9.83. The van der Waals surface area contributed by atoms with Gasteiger partial charge in [-0.1, -0.05) is 23.5 Å². The van der Waals surface area contributed by atoms with Crippen LogP contribution in [0.25, 0.3) is 0 Å². The summed E-state index contributed by atoms with van der Waals surface area (Å²) in [5.74, 6) is -1.39. The normalized spacial score (nSPS) is 36.7. The maximum absolute atomic E-state index is 12.0. The number of fused-ring (bicyclic) bond motifs is 1. The van der Waals surface area contributed by atoms with Gasteiger partial charge in [-0.05, 0) is 24.5 Å². The lowest BCUT2D eigenvalue weighted by Crippen LogP contribution is -2.60. The van der Waals surface area contributed by atoms with Gasteiger partial charge in [0, 0.05) is 6.42 Å². The lowest BCUT2D eigenvalue weighted by Gasteiger charge is -2.43. The summed E-state index contributed by atoms with van der Waals surface area (Å²) in [6.07, 6.45) is 0.880. The van der Waals surface area contributed by atoms with Crippen LogP contribution in [-0.4, -0.2) is 53.4 Å². The molecule has 3 aliphatic heterocycles. The van der Waals surface area contributed by atoms with Crippen LogP contribution in [0.15, 0.2) is 9.93 Å². The van der Waals surface area contributed by atoms with Gasteiger partial charge in [-0.3, -0.25) is 9.69 Å². The van der Waals surface area contributed by atoms with E-state index in [1.54, 1.807) is 0 Å². The zero-order valence-electron chi connectivity index (χ0n) is 11.2. The van der Waals surface area contributed by atoms with Gasteiger partial charge in [0.25, 0.3) is 0 Å². The van der Waals surface area contributed by atoms with Gasteiger partial charge in [0.05, 0.1) is 16.3 Å². The molecule has 0 radical (unpaired) electrons. The fourth-order valence-corrected chi connectivity index (χ4v) is 8.06. The summed E-state index contributed by atoms with van der Waals surface area (Å²) in [5.41, 5.74) is -0.0131. The van der Waals surface area contributed by atoms with Gasteiger partial charge in [-0.25, -0.2) is 4.79 Å². The van der Waals surface area contributed by atoms with Gasteiger partial charge in [0.2, 0.25) is 5.91 Å². The number of carbonyl (C=O) groups is 2. The van der Waals surface area contributed by atoms with Crippen molar-refractivity contribution in [3.05, 3.63) is 9.93 Å². The Balaban J connectivity index is 1.82. The molecule has 0 spiro atoms. The van der Waals surface area contributed by atoms with Gasteiger partial charge < -0.3 is 14.8 Å². The standard InChI is InChI=1S/C12H15NO5S3/c1-5(14)7-9(15)13-8(11(16)17)12(20-10(7)13)19-6-3-2-4-21(6)18/h5-7,10,14H,2-4H2,1H3,(H,16,17)/t5-,6+,7+,10-,21-/m1/s1. The summed E-state index contributed by atoms with van der Waals surface area (Å²) in [5, 5.41) is 18.7. The molecule has 116 valence electrons. The molecule has 0 aromatic rings. The van der Waals surface area contributed by atoms with Gasteiger partial charge in [-0.2, -0.15) is 0 Å². The number of hydrogen-bond donors (Lipinski definition) is 2. The van der Waals surface area contributed by atoms with Crippen molar-refractivity contribution in [1.82, 2.24) is 4.90 Å². The summed E-state index contributed by atoms with van der Waals surface area (Å²) < 4.78 is 12.3. The highest BCUT2D eigenvalue weighted by Crippen LogP contribution is 2.55. The lowest BCUT2D eigenvalue weighted by atomic mass is 9.92. The highest BCUT2D eigenvalue weighted by Gasteiger charge is 2.58. The Hall–Kier alpha value is -0.350. The van der Waals surface area contributed by atoms with Crippen LogP contribution in [0.1, 0.15) is 19.8 Å². The Morgan fingerprint density at radius 3 is 2.86 bits per heavy atom. The highest BCUT2D eigenvalue weighted by atomic mass is 32.3. The average Bonchev–Trinajstić information content (AvgIpc) is 2.92. The number of aliphatic carboxylic acids is 1. The van der Waals surface area contributed by atoms with Crippen LogP contribution < -0.4 is 0 Å². The molecule has 6 nitrogen and oxygen atoms in total. The third kappa shape index (κ3) is 2.48. The molecule has 5 atom stereocenters. The first-order chi connectivity index (χ1) is 9.91. The molecule has 3 heterocycles. The summed E-state index contributed by atoms with van der Waals surface area (Å²) >= 11 is 1.66. The van der Waals surface area contributed by atoms with Crippen LogP contribution in [0.5, 0.6) is 0 Å². The van der Waals surface area contributed by atoms with Crippen molar-refractivity contribution in [2.75, 3.05) is 5.75 Å². The number of hydrogen-bond acceptors (Lipinski definition) is 6. The molecule has 0 bridgehead atoms. The number of β-lactam (4-membered cyclic amide) rings is 1. The largest absolute Gasteiger partial charge is 0.615 e. The molecule has 9 heteroatoms. The predicted molar refractivity (Wildman–Crippen MR) is 81.7 cm³/mol. The van der Waals surface area contributed by atoms with Crippen molar-refractivity contribution in [1.29, 1.82) is 0 Å². The van der Waals surface area contributed by atoms with Crippen molar-refractivity contribution in [2.45, 2.75) is 35.8 Å². The minimum Gasteiger partial charge on any atom is -0.615 e. The topological polar surface area (TPSA) is 101 Å². The molecular formula is C12H15NO5S3. The molecule has 0 unspecified atom stereocenters. The fraction of sp³-hybridized carbons (Fsp3) is 0.667. The third-order valence-corrected chi connectivity index (χ3v) is 8.87. The Morgan fingerprint density at radius 2 is 2.33 bits per heavy atom. The number of carboxylic acid groups (broad SMARTS) is 1. The summed E-state index contributed by atoms with van der Waals surface area (Å²) in [6, 6.07) is 0. The monoisotopic (exact) mass is 349 g/mol. The summed E-state index contributed by atoms with van der Waals surface area (Å²) in [4.78, 5) is 24.7. The van der Waals surface area contributed by atoms with Crippen molar-refractivity contribution in [2.24, 2.45) is 5.92 Å². The third-order valence-electron chi connectivity index (χ3n) is 3.79. The van der Waals surface area contributed by atoms with Crippen molar-refractivity contribution in [3.8, 4) is 0 Å². The Morgan fingerprint density at radius 1 is 1.62 bits per heavy atom. The average molecular weight is 349 g/mol. The van der Waals surface area contributed by atoms with E-state index in [0.717, 1.165) is 12.8 Å². The first-order valence-electron chi connectivity index (χ1n) is 6.61. The molecule has 2 fully saturated rings. The molecule has 0 aromatic carbocycles. The second-order valence-electron chi connectivity index (χ2n) is 5.20. The van der Waals surface area contributed by atoms with E-state index in [4.69, 9.17) is 0 Å². The Labute approximate surface area is 133 Å². The minimum atomic E-state index is -1.14. The number of aliphatic hydroxyl groups is 1. The van der Waals surface area contributed by atoms with E-state index in [1.165, 1.54) is 35.3 Å². The van der Waals surface area contributed by atoms with Crippen molar-refractivity contribution < 1.29 is 24.4 Å². The number of nitrogens with zero attached hydrogens (tertiary/aromatic N) is 1. The van der Waals surface area contributed by atoms with Gasteiger partial charge in [-0.15, -0.1) is 0 Å². The van der Waals surface area contributed by atoms with Gasteiger partial charge in [0.15, 0.2) is 10.3 Å². The number of thioether (sulfide) groups is 2. The number of amides is 1. The predicted octanol–water partition coefficient (Wildman–Crippen LogP) is 0.754. The summed E-state index contributed by atoms with van der Waals surface area (Å²) in [7, 11) is 0. The smallest absolute Gasteiger partial charge is 0.354 e. The lowest BCUT2D eigenvalue weighted by molar-refractivity contribution is -0.156. The minimum absolute atomic E-state index is 0.0131. The number of aliphatic hydroxyl groups excluding tert-OH is 1. The van der Waals surface area contributed by atoms with Crippen LogP contribution in [0.3, 0.4) is 0 Å². The molecule has 0 aromatic heterocycles. The van der Waals surface area contributed by atoms with Gasteiger partial charge >= 0.3 is 5.97 Å². The van der Waals surface area contributed by atoms with Crippen molar-refractivity contribution >= 4 is 46.6 Å². The second kappa shape index (κ2) is 5.69. The maximum atomic E-state index is 12.0. The van der Waals surface area contributed by atoms with E-state index < -0.39 is 29.2 Å². The molecule has 2 saturated heterocycles. The van der Waals surface area contributed by atoms with E-state index in [-0.39, 0.29) is 21.6 Å². The van der Waals surface area contributed by atoms with Crippen LogP contribution >= 0.6 is 23.5 Å². The molecular weight excluding hydrogens is 334 g/mol. The molecule has 1 amide bonds. The number of carboxylic acids is 1. The number of rotatable bonds is 4. The first kappa shape index (κ1) is 15.5. The number of carbonyl (C=O) groups excluding carboxylic acids is 1. The quantitative estimate of drug-likeness (QED) is 0.570. The molecule has 0 saturated carbocycles. The van der Waals surface area contributed by atoms with E-state index in [0.29, 0.717) is 9.99 Å². The SMILES string of the molecule is C[C@@H](O)[C@H]1C(=O)N2C(C(=O)O)=C(S[C@@H]3CCC[S@@+]3[O-])S[C@H]12. The van der Waals surface area contributed by atoms with E-state index in [9.17, 15) is 24.4 Å². The zero-order valence-corrected chi connectivity index (χ0v) is 13.7. The van der Waals surface area contributed by atoms with E-state index in [1.807, 2.05) is 0 Å². The molecule has 3 rings (SSSR count). The summed E-state index contributed by atoms with van der Waals surface area (Å²) in [6.45, 7) is 1.54. The van der Waals surface area contributed by atoms with Crippen LogP contribution in [-0.2, 0) is 20.8 Å². The van der Waals surface area contributed by atoms with Crippen LogP contribution in [0.2, 0.25) is 0 Å². The van der Waals surface area contributed by atoms with E-state index >= 15 is 0 Å². The highest BCUT2D eigenvalue weighted by molar-refractivity contribution is 8.27. The zero-order chi connectivity index (χ0) is 15.3. The first-order valence-corrected chi connectivity index (χ1v) is 9.75. The molecule has 2 N–H and O–H groups in total. The Bertz CT molecular complexity index is 523. The Kier molecular flexibility index (Phi) is 4.21. The van der Waals surface area contributed by atoms with Crippen LogP contribution in [0, 0.1) is 5.92 Å². The molecule has 0 aliphatic carbocycles. The van der Waals surface area contributed by atoms with E-state index in [2.05, 4.69) is 0 Å². The fourth-order valence-electron chi connectivity index (χ4n) is 2.72.